The summed E-state index contributed by atoms with van der Waals surface area (Å²) in [5.41, 5.74) is 2.35. The molecule has 0 radical (unpaired) electrons. The number of nitrogens with one attached hydrogen (secondary N) is 1. The predicted octanol–water partition coefficient (Wildman–Crippen LogP) is 3.55. The van der Waals surface area contributed by atoms with E-state index < -0.39 is 15.8 Å². The Balaban J connectivity index is 2.43. The first-order valence-corrected chi connectivity index (χ1v) is 7.64. The van der Waals surface area contributed by atoms with Gasteiger partial charge >= 0.3 is 0 Å². The molecule has 0 aliphatic heterocycles. The van der Waals surface area contributed by atoms with Crippen LogP contribution in [-0.2, 0) is 10.0 Å². The van der Waals surface area contributed by atoms with Crippen molar-refractivity contribution in [1.82, 2.24) is 0 Å². The van der Waals surface area contributed by atoms with E-state index in [1.807, 2.05) is 6.92 Å². The lowest BCUT2D eigenvalue weighted by Gasteiger charge is -2.12. The van der Waals surface area contributed by atoms with Crippen molar-refractivity contribution in [2.45, 2.75) is 25.7 Å². The Hall–Kier alpha value is -1.88. The minimum absolute atomic E-state index is 0.0371. The average molecular weight is 293 g/mol. The second-order valence-electron chi connectivity index (χ2n) is 4.86. The molecule has 0 unspecified atom stereocenters. The van der Waals surface area contributed by atoms with Crippen LogP contribution in [0, 0.1) is 26.6 Å². The van der Waals surface area contributed by atoms with E-state index in [9.17, 15) is 12.8 Å². The van der Waals surface area contributed by atoms with E-state index in [4.69, 9.17) is 0 Å². The fourth-order valence-electron chi connectivity index (χ4n) is 2.02. The molecule has 2 aromatic carbocycles. The number of halogens is 1. The third-order valence-corrected chi connectivity index (χ3v) is 4.51. The third kappa shape index (κ3) is 2.99. The number of sulfonamides is 1. The summed E-state index contributed by atoms with van der Waals surface area (Å²) < 4.78 is 40.6. The summed E-state index contributed by atoms with van der Waals surface area (Å²) in [4.78, 5) is 0.156. The van der Waals surface area contributed by atoms with Crippen molar-refractivity contribution in [3.05, 3.63) is 58.9 Å². The van der Waals surface area contributed by atoms with Gasteiger partial charge in [-0.15, -0.1) is 0 Å². The second kappa shape index (κ2) is 5.25. The van der Waals surface area contributed by atoms with Crippen LogP contribution in [-0.4, -0.2) is 8.42 Å². The van der Waals surface area contributed by atoms with E-state index in [0.717, 1.165) is 11.1 Å². The molecule has 0 fully saturated rings. The van der Waals surface area contributed by atoms with E-state index in [0.29, 0.717) is 5.56 Å². The van der Waals surface area contributed by atoms with Crippen LogP contribution in [0.2, 0.25) is 0 Å². The molecule has 106 valence electrons. The fraction of sp³-hybridized carbons (Fsp3) is 0.200. The Labute approximate surface area is 118 Å². The van der Waals surface area contributed by atoms with Gasteiger partial charge in [-0.25, -0.2) is 12.8 Å². The van der Waals surface area contributed by atoms with Gasteiger partial charge in [0.2, 0.25) is 0 Å². The molecule has 2 rings (SSSR count). The van der Waals surface area contributed by atoms with Crippen LogP contribution in [0.1, 0.15) is 16.7 Å². The van der Waals surface area contributed by atoms with Crippen molar-refractivity contribution in [1.29, 1.82) is 0 Å². The molecule has 0 aromatic heterocycles. The van der Waals surface area contributed by atoms with Gasteiger partial charge in [-0.3, -0.25) is 4.72 Å². The van der Waals surface area contributed by atoms with Crippen LogP contribution in [0.5, 0.6) is 0 Å². The lowest BCUT2D eigenvalue weighted by Crippen LogP contribution is -2.15. The van der Waals surface area contributed by atoms with Crippen molar-refractivity contribution in [2.75, 3.05) is 4.72 Å². The fourth-order valence-corrected chi connectivity index (χ4v) is 3.30. The zero-order valence-corrected chi connectivity index (χ0v) is 12.4. The van der Waals surface area contributed by atoms with Crippen molar-refractivity contribution in [2.24, 2.45) is 0 Å². The summed E-state index contributed by atoms with van der Waals surface area (Å²) in [6.07, 6.45) is 0. The molecule has 0 spiro atoms. The van der Waals surface area contributed by atoms with E-state index in [2.05, 4.69) is 4.72 Å². The van der Waals surface area contributed by atoms with Crippen LogP contribution >= 0.6 is 0 Å². The molecule has 0 saturated heterocycles. The monoisotopic (exact) mass is 293 g/mol. The van der Waals surface area contributed by atoms with Crippen LogP contribution in [0.15, 0.2) is 41.3 Å². The molecule has 0 saturated carbocycles. The molecule has 2 aromatic rings. The standard InChI is InChI=1S/C15H16FNO2S/c1-10-5-7-15(12(3)8-10)20(18,19)17-14-9-11(2)4-6-13(14)16/h4-9,17H,1-3H3. The van der Waals surface area contributed by atoms with Crippen molar-refractivity contribution >= 4 is 15.7 Å². The van der Waals surface area contributed by atoms with Gasteiger partial charge in [-0.1, -0.05) is 23.8 Å². The number of anilines is 1. The highest BCUT2D eigenvalue weighted by Gasteiger charge is 2.18. The highest BCUT2D eigenvalue weighted by atomic mass is 32.2. The Kier molecular flexibility index (Phi) is 3.81. The van der Waals surface area contributed by atoms with Gasteiger partial charge in [0.25, 0.3) is 10.0 Å². The molecule has 0 aliphatic carbocycles. The van der Waals surface area contributed by atoms with Gasteiger partial charge in [-0.05, 0) is 50.1 Å². The normalized spacial score (nSPS) is 11.4. The van der Waals surface area contributed by atoms with Crippen LogP contribution in [0.3, 0.4) is 0 Å². The minimum Gasteiger partial charge on any atom is -0.277 e. The van der Waals surface area contributed by atoms with E-state index in [-0.39, 0.29) is 10.6 Å². The molecule has 0 aliphatic rings. The van der Waals surface area contributed by atoms with Gasteiger partial charge < -0.3 is 0 Å². The Morgan fingerprint density at radius 3 is 2.20 bits per heavy atom. The van der Waals surface area contributed by atoms with Crippen molar-refractivity contribution in [3.63, 3.8) is 0 Å². The molecular weight excluding hydrogens is 277 g/mol. The van der Waals surface area contributed by atoms with Gasteiger partial charge in [-0.2, -0.15) is 0 Å². The van der Waals surface area contributed by atoms with Crippen LogP contribution < -0.4 is 4.72 Å². The lowest BCUT2D eigenvalue weighted by atomic mass is 10.2. The van der Waals surface area contributed by atoms with Gasteiger partial charge in [0.1, 0.15) is 5.82 Å². The van der Waals surface area contributed by atoms with E-state index in [1.54, 1.807) is 32.0 Å². The lowest BCUT2D eigenvalue weighted by molar-refractivity contribution is 0.598. The number of hydrogen-bond donors (Lipinski definition) is 1. The molecule has 1 N–H and O–H groups in total. The number of benzene rings is 2. The van der Waals surface area contributed by atoms with Crippen LogP contribution in [0.4, 0.5) is 10.1 Å². The summed E-state index contributed by atoms with van der Waals surface area (Å²) in [7, 11) is -3.79. The Bertz CT molecular complexity index is 754. The highest BCUT2D eigenvalue weighted by Crippen LogP contribution is 2.22. The molecule has 0 bridgehead atoms. The third-order valence-electron chi connectivity index (χ3n) is 2.99. The first-order chi connectivity index (χ1) is 9.29. The zero-order chi connectivity index (χ0) is 14.9. The maximum atomic E-state index is 13.7. The number of rotatable bonds is 3. The summed E-state index contributed by atoms with van der Waals surface area (Å²) in [5.74, 6) is -0.594. The molecule has 0 heterocycles. The SMILES string of the molecule is Cc1ccc(S(=O)(=O)Nc2cc(C)ccc2F)c(C)c1. The summed E-state index contributed by atoms with van der Waals surface area (Å²) >= 11 is 0. The summed E-state index contributed by atoms with van der Waals surface area (Å²) in [6.45, 7) is 5.37. The first-order valence-electron chi connectivity index (χ1n) is 6.16. The average Bonchev–Trinajstić information content (AvgIpc) is 2.33. The molecule has 0 amide bonds. The van der Waals surface area contributed by atoms with Gasteiger partial charge in [0.15, 0.2) is 0 Å². The number of aryl methyl sites for hydroxylation is 3. The summed E-state index contributed by atoms with van der Waals surface area (Å²) in [5, 5.41) is 0. The van der Waals surface area contributed by atoms with Gasteiger partial charge in [0, 0.05) is 0 Å². The molecular formula is C15H16FNO2S. The molecule has 20 heavy (non-hydrogen) atoms. The predicted molar refractivity (Wildman–Crippen MR) is 77.9 cm³/mol. The maximum absolute atomic E-state index is 13.7. The minimum atomic E-state index is -3.79. The van der Waals surface area contributed by atoms with Crippen LogP contribution in [0.25, 0.3) is 0 Å². The summed E-state index contributed by atoms with van der Waals surface area (Å²) in [6, 6.07) is 9.33. The molecule has 5 heteroatoms. The largest absolute Gasteiger partial charge is 0.277 e. The topological polar surface area (TPSA) is 46.2 Å². The second-order valence-corrected chi connectivity index (χ2v) is 6.51. The number of hydrogen-bond acceptors (Lipinski definition) is 2. The zero-order valence-electron chi connectivity index (χ0n) is 11.6. The Morgan fingerprint density at radius 2 is 1.55 bits per heavy atom. The van der Waals surface area contributed by atoms with Crippen molar-refractivity contribution < 1.29 is 12.8 Å². The first kappa shape index (κ1) is 14.5. The van der Waals surface area contributed by atoms with Crippen molar-refractivity contribution in [3.8, 4) is 0 Å². The smallest absolute Gasteiger partial charge is 0.262 e. The molecule has 3 nitrogen and oxygen atoms in total. The van der Waals surface area contributed by atoms with Gasteiger partial charge in [0.05, 0.1) is 10.6 Å². The highest BCUT2D eigenvalue weighted by molar-refractivity contribution is 7.92. The quantitative estimate of drug-likeness (QED) is 0.940. The van der Waals surface area contributed by atoms with E-state index >= 15 is 0 Å². The Morgan fingerprint density at radius 1 is 0.950 bits per heavy atom. The van der Waals surface area contributed by atoms with E-state index in [1.165, 1.54) is 18.2 Å². The maximum Gasteiger partial charge on any atom is 0.262 e. The molecule has 0 atom stereocenters.